The summed E-state index contributed by atoms with van der Waals surface area (Å²) in [6.07, 6.45) is 3.63. The second kappa shape index (κ2) is 9.77. The van der Waals surface area contributed by atoms with E-state index in [1.54, 1.807) is 18.7 Å². The highest BCUT2D eigenvalue weighted by Gasteiger charge is 2.14. The van der Waals surface area contributed by atoms with E-state index in [0.29, 0.717) is 24.7 Å². The monoisotopic (exact) mass is 301 g/mol. The molecule has 0 saturated heterocycles. The Morgan fingerprint density at radius 3 is 3.00 bits per heavy atom. The number of hydrogen-bond acceptors (Lipinski definition) is 7. The molecular weight excluding hydrogens is 278 g/mol. The van der Waals surface area contributed by atoms with Crippen LogP contribution in [-0.2, 0) is 21.7 Å². The van der Waals surface area contributed by atoms with Gasteiger partial charge in [-0.05, 0) is 25.5 Å². The van der Waals surface area contributed by atoms with E-state index in [1.165, 1.54) is 0 Å². The fourth-order valence-corrected chi connectivity index (χ4v) is 2.38. The Labute approximate surface area is 123 Å². The molecule has 0 aliphatic carbocycles. The van der Waals surface area contributed by atoms with Crippen LogP contribution in [0.1, 0.15) is 44.8 Å². The number of aryl methyl sites for hydroxylation is 1. The molecule has 114 valence electrons. The third-order valence-electron chi connectivity index (χ3n) is 2.65. The van der Waals surface area contributed by atoms with Crippen molar-refractivity contribution in [3.05, 3.63) is 11.7 Å². The van der Waals surface area contributed by atoms with Crippen LogP contribution >= 0.6 is 11.8 Å². The zero-order valence-electron chi connectivity index (χ0n) is 12.1. The van der Waals surface area contributed by atoms with Crippen LogP contribution in [0.25, 0.3) is 0 Å². The molecule has 0 aliphatic rings. The number of hydrogen-bond donors (Lipinski definition) is 1. The molecule has 1 aromatic rings. The van der Waals surface area contributed by atoms with Crippen LogP contribution in [0, 0.1) is 0 Å². The average molecular weight is 301 g/mol. The fraction of sp³-hybridized carbons (Fsp3) is 0.769. The maximum absolute atomic E-state index is 11.3. The van der Waals surface area contributed by atoms with E-state index in [-0.39, 0.29) is 5.97 Å². The number of ether oxygens (including phenoxy) is 1. The molecule has 0 radical (unpaired) electrons. The summed E-state index contributed by atoms with van der Waals surface area (Å²) in [5, 5.41) is 3.92. The predicted octanol–water partition coefficient (Wildman–Crippen LogP) is 1.93. The highest BCUT2D eigenvalue weighted by Crippen LogP contribution is 2.13. The molecule has 6 nitrogen and oxygen atoms in total. The van der Waals surface area contributed by atoms with Crippen molar-refractivity contribution >= 4 is 17.7 Å². The van der Waals surface area contributed by atoms with Gasteiger partial charge in [-0.15, -0.1) is 0 Å². The van der Waals surface area contributed by atoms with Gasteiger partial charge in [0.2, 0.25) is 5.89 Å². The minimum absolute atomic E-state index is 0.340. The first kappa shape index (κ1) is 17.0. The molecule has 0 saturated carbocycles. The Kier molecular flexibility index (Phi) is 8.29. The average Bonchev–Trinajstić information content (AvgIpc) is 2.89. The summed E-state index contributed by atoms with van der Waals surface area (Å²) in [5.41, 5.74) is 5.70. The maximum atomic E-state index is 11.3. The largest absolute Gasteiger partial charge is 0.465 e. The number of thioether (sulfide) groups is 1. The van der Waals surface area contributed by atoms with E-state index in [9.17, 15) is 4.79 Å². The molecule has 1 aromatic heterocycles. The van der Waals surface area contributed by atoms with Gasteiger partial charge in [0.05, 0.1) is 12.4 Å². The Bertz CT molecular complexity index is 398. The Morgan fingerprint density at radius 2 is 2.30 bits per heavy atom. The molecule has 1 rings (SSSR count). The molecule has 0 aliphatic heterocycles. The van der Waals surface area contributed by atoms with Gasteiger partial charge in [0, 0.05) is 6.42 Å². The lowest BCUT2D eigenvalue weighted by molar-refractivity contribution is -0.144. The molecule has 0 amide bonds. The molecule has 0 fully saturated rings. The van der Waals surface area contributed by atoms with Crippen LogP contribution in [0.3, 0.4) is 0 Å². The van der Waals surface area contributed by atoms with Gasteiger partial charge in [0.1, 0.15) is 6.04 Å². The molecule has 20 heavy (non-hydrogen) atoms. The van der Waals surface area contributed by atoms with Crippen LogP contribution in [0.2, 0.25) is 0 Å². The standard InChI is InChI=1S/C13H23N3O3S/c1-3-5-6-11-15-12(19-16-11)9-20-8-7-10(14)13(17)18-4-2/h10H,3-9,14H2,1-2H3. The molecule has 2 N–H and O–H groups in total. The lowest BCUT2D eigenvalue weighted by Crippen LogP contribution is -2.32. The summed E-state index contributed by atoms with van der Waals surface area (Å²) in [7, 11) is 0. The zero-order valence-corrected chi connectivity index (χ0v) is 12.9. The summed E-state index contributed by atoms with van der Waals surface area (Å²) in [6, 6.07) is -0.551. The number of nitrogens with zero attached hydrogens (tertiary/aromatic N) is 2. The van der Waals surface area contributed by atoms with Crippen LogP contribution < -0.4 is 5.73 Å². The number of carbonyl (C=O) groups excluding carboxylic acids is 1. The van der Waals surface area contributed by atoms with Gasteiger partial charge in [-0.25, -0.2) is 0 Å². The molecule has 1 atom stereocenters. The molecule has 0 bridgehead atoms. The van der Waals surface area contributed by atoms with Gasteiger partial charge in [-0.2, -0.15) is 16.7 Å². The third-order valence-corrected chi connectivity index (χ3v) is 3.63. The number of nitrogens with two attached hydrogens (primary N) is 1. The molecule has 0 aromatic carbocycles. The lowest BCUT2D eigenvalue weighted by Gasteiger charge is -2.09. The lowest BCUT2D eigenvalue weighted by atomic mass is 10.2. The van der Waals surface area contributed by atoms with Gasteiger partial charge in [-0.1, -0.05) is 18.5 Å². The molecule has 1 unspecified atom stereocenters. The van der Waals surface area contributed by atoms with E-state index in [1.807, 2.05) is 0 Å². The zero-order chi connectivity index (χ0) is 14.8. The molecule has 1 heterocycles. The van der Waals surface area contributed by atoms with Crippen molar-refractivity contribution in [2.75, 3.05) is 12.4 Å². The van der Waals surface area contributed by atoms with E-state index in [0.717, 1.165) is 30.8 Å². The Hall–Kier alpha value is -1.08. The Balaban J connectivity index is 2.17. The van der Waals surface area contributed by atoms with Crippen LogP contribution in [-0.4, -0.2) is 34.5 Å². The molecule has 7 heteroatoms. The van der Waals surface area contributed by atoms with Gasteiger partial charge in [0.15, 0.2) is 5.82 Å². The molecular formula is C13H23N3O3S. The van der Waals surface area contributed by atoms with Crippen LogP contribution in [0.5, 0.6) is 0 Å². The summed E-state index contributed by atoms with van der Waals surface area (Å²) in [5.74, 6) is 2.46. The second-order valence-electron chi connectivity index (χ2n) is 4.41. The first-order valence-electron chi connectivity index (χ1n) is 6.98. The van der Waals surface area contributed by atoms with Crippen molar-refractivity contribution in [3.8, 4) is 0 Å². The minimum Gasteiger partial charge on any atom is -0.465 e. The molecule has 0 spiro atoms. The maximum Gasteiger partial charge on any atom is 0.322 e. The van der Waals surface area contributed by atoms with E-state index < -0.39 is 6.04 Å². The van der Waals surface area contributed by atoms with Gasteiger partial charge in [0.25, 0.3) is 0 Å². The van der Waals surface area contributed by atoms with Crippen LogP contribution in [0.15, 0.2) is 4.52 Å². The first-order valence-corrected chi connectivity index (χ1v) is 8.14. The number of aromatic nitrogens is 2. The van der Waals surface area contributed by atoms with Crippen molar-refractivity contribution in [1.82, 2.24) is 10.1 Å². The highest BCUT2D eigenvalue weighted by atomic mass is 32.2. The minimum atomic E-state index is -0.551. The SMILES string of the molecule is CCCCc1noc(CSCCC(N)C(=O)OCC)n1. The predicted molar refractivity (Wildman–Crippen MR) is 78.3 cm³/mol. The fourth-order valence-electron chi connectivity index (χ4n) is 1.52. The van der Waals surface area contributed by atoms with E-state index in [2.05, 4.69) is 17.1 Å². The normalized spacial score (nSPS) is 12.3. The Morgan fingerprint density at radius 1 is 1.50 bits per heavy atom. The van der Waals surface area contributed by atoms with Gasteiger partial charge >= 0.3 is 5.97 Å². The van der Waals surface area contributed by atoms with Crippen molar-refractivity contribution in [2.45, 2.75) is 51.3 Å². The topological polar surface area (TPSA) is 91.2 Å². The van der Waals surface area contributed by atoms with Gasteiger partial charge in [-0.3, -0.25) is 4.79 Å². The van der Waals surface area contributed by atoms with Gasteiger partial charge < -0.3 is 15.0 Å². The number of unbranched alkanes of at least 4 members (excludes halogenated alkanes) is 1. The second-order valence-corrected chi connectivity index (χ2v) is 5.51. The summed E-state index contributed by atoms with van der Waals surface area (Å²) >= 11 is 1.62. The van der Waals surface area contributed by atoms with Crippen molar-refractivity contribution in [1.29, 1.82) is 0 Å². The number of carbonyl (C=O) groups is 1. The summed E-state index contributed by atoms with van der Waals surface area (Å²) < 4.78 is 10.00. The summed E-state index contributed by atoms with van der Waals surface area (Å²) in [6.45, 7) is 4.26. The smallest absolute Gasteiger partial charge is 0.322 e. The van der Waals surface area contributed by atoms with Crippen molar-refractivity contribution < 1.29 is 14.1 Å². The highest BCUT2D eigenvalue weighted by molar-refractivity contribution is 7.98. The number of esters is 1. The quantitative estimate of drug-likeness (QED) is 0.521. The van der Waals surface area contributed by atoms with E-state index in [4.69, 9.17) is 15.0 Å². The van der Waals surface area contributed by atoms with Crippen molar-refractivity contribution in [2.24, 2.45) is 5.73 Å². The summed E-state index contributed by atoms with van der Waals surface area (Å²) in [4.78, 5) is 15.6. The van der Waals surface area contributed by atoms with Crippen molar-refractivity contribution in [3.63, 3.8) is 0 Å². The number of rotatable bonds is 10. The first-order chi connectivity index (χ1) is 9.67. The van der Waals surface area contributed by atoms with Crippen LogP contribution in [0.4, 0.5) is 0 Å². The van der Waals surface area contributed by atoms with E-state index >= 15 is 0 Å². The third kappa shape index (κ3) is 6.38.